The maximum Gasteiger partial charge on any atom is 0.123 e. The molecule has 2 N–H and O–H groups in total. The van der Waals surface area contributed by atoms with Crippen molar-refractivity contribution in [1.82, 2.24) is 15.0 Å². The maximum absolute atomic E-state index is 5.71. The van der Waals surface area contributed by atoms with Crippen LogP contribution in [0.25, 0.3) is 0 Å². The molecule has 0 radical (unpaired) electrons. The highest BCUT2D eigenvalue weighted by Crippen LogP contribution is 2.22. The smallest absolute Gasteiger partial charge is 0.123 e. The third-order valence-electron chi connectivity index (χ3n) is 2.52. The van der Waals surface area contributed by atoms with Gasteiger partial charge in [-0.15, -0.1) is 5.10 Å². The van der Waals surface area contributed by atoms with Gasteiger partial charge in [-0.3, -0.25) is 0 Å². The van der Waals surface area contributed by atoms with Crippen molar-refractivity contribution in [3.63, 3.8) is 0 Å². The highest BCUT2D eigenvalue weighted by molar-refractivity contribution is 9.10. The maximum atomic E-state index is 5.71. The topological polar surface area (TPSA) is 66.0 Å². The van der Waals surface area contributed by atoms with E-state index in [1.54, 1.807) is 4.68 Å². The van der Waals surface area contributed by atoms with E-state index in [9.17, 15) is 0 Å². The normalized spacial score (nSPS) is 10.6. The summed E-state index contributed by atoms with van der Waals surface area (Å²) < 4.78 is 8.45. The summed E-state index contributed by atoms with van der Waals surface area (Å²) in [6.45, 7) is 3.62. The Morgan fingerprint density at radius 3 is 3.00 bits per heavy atom. The Labute approximate surface area is 114 Å². The molecular weight excluding hydrogens is 296 g/mol. The van der Waals surface area contributed by atoms with Crippen LogP contribution in [0.15, 0.2) is 28.9 Å². The zero-order chi connectivity index (χ0) is 13.0. The minimum Gasteiger partial charge on any atom is -0.491 e. The van der Waals surface area contributed by atoms with Crippen LogP contribution in [0.4, 0.5) is 0 Å². The fourth-order valence-corrected chi connectivity index (χ4v) is 1.86. The second-order valence-electron chi connectivity index (χ2n) is 3.94. The summed E-state index contributed by atoms with van der Waals surface area (Å²) in [5.74, 6) is 0.878. The molecule has 0 fully saturated rings. The molecule has 18 heavy (non-hydrogen) atoms. The summed E-state index contributed by atoms with van der Waals surface area (Å²) in [5.41, 5.74) is 7.36. The first-order valence-corrected chi connectivity index (χ1v) is 6.46. The van der Waals surface area contributed by atoms with Gasteiger partial charge in [0.25, 0.3) is 0 Å². The molecule has 5 nitrogen and oxygen atoms in total. The number of hydrogen-bond acceptors (Lipinski definition) is 4. The van der Waals surface area contributed by atoms with Gasteiger partial charge >= 0.3 is 0 Å². The first-order valence-electron chi connectivity index (χ1n) is 5.67. The second-order valence-corrected chi connectivity index (χ2v) is 4.85. The summed E-state index contributed by atoms with van der Waals surface area (Å²) >= 11 is 3.42. The van der Waals surface area contributed by atoms with E-state index in [0.717, 1.165) is 21.5 Å². The average molecular weight is 311 g/mol. The molecule has 0 unspecified atom stereocenters. The molecule has 0 bridgehead atoms. The van der Waals surface area contributed by atoms with E-state index in [2.05, 4.69) is 26.2 Å². The molecule has 2 aromatic rings. The lowest BCUT2D eigenvalue weighted by Gasteiger charge is -2.09. The van der Waals surface area contributed by atoms with Crippen LogP contribution in [-0.4, -0.2) is 21.6 Å². The van der Waals surface area contributed by atoms with Crippen molar-refractivity contribution < 1.29 is 4.74 Å². The highest BCUT2D eigenvalue weighted by atomic mass is 79.9. The molecule has 0 spiro atoms. The Morgan fingerprint density at radius 2 is 2.28 bits per heavy atom. The second kappa shape index (κ2) is 5.97. The molecule has 1 heterocycles. The van der Waals surface area contributed by atoms with Gasteiger partial charge in [-0.2, -0.15) is 0 Å². The number of aryl methyl sites for hydroxylation is 1. The quantitative estimate of drug-likeness (QED) is 0.916. The number of hydrogen-bond donors (Lipinski definition) is 1. The van der Waals surface area contributed by atoms with Crippen molar-refractivity contribution in [2.45, 2.75) is 20.0 Å². The van der Waals surface area contributed by atoms with Crippen molar-refractivity contribution in [1.29, 1.82) is 0 Å². The van der Waals surface area contributed by atoms with Crippen LogP contribution in [0.2, 0.25) is 0 Å². The van der Waals surface area contributed by atoms with Gasteiger partial charge < -0.3 is 10.5 Å². The predicted octanol–water partition coefficient (Wildman–Crippen LogP) is 1.89. The van der Waals surface area contributed by atoms with Crippen molar-refractivity contribution in [2.75, 3.05) is 6.61 Å². The Kier molecular flexibility index (Phi) is 4.33. The molecule has 0 aliphatic rings. The summed E-state index contributed by atoms with van der Waals surface area (Å²) in [5, 5.41) is 7.87. The Bertz CT molecular complexity index is 527. The molecule has 96 valence electrons. The van der Waals surface area contributed by atoms with E-state index in [0.29, 0.717) is 19.7 Å². The minimum atomic E-state index is 0.408. The van der Waals surface area contributed by atoms with E-state index < -0.39 is 0 Å². The van der Waals surface area contributed by atoms with Crippen LogP contribution in [0.5, 0.6) is 5.75 Å². The lowest BCUT2D eigenvalue weighted by molar-refractivity contribution is 0.288. The van der Waals surface area contributed by atoms with Gasteiger partial charge in [0.2, 0.25) is 0 Å². The Balaban J connectivity index is 1.90. The van der Waals surface area contributed by atoms with Gasteiger partial charge in [0.15, 0.2) is 0 Å². The fraction of sp³-hybridized carbons (Fsp3) is 0.333. The number of nitrogens with zero attached hydrogens (tertiary/aromatic N) is 3. The lowest BCUT2D eigenvalue weighted by Crippen LogP contribution is -2.09. The average Bonchev–Trinajstić information content (AvgIpc) is 2.81. The van der Waals surface area contributed by atoms with Crippen LogP contribution in [-0.2, 0) is 13.1 Å². The summed E-state index contributed by atoms with van der Waals surface area (Å²) in [4.78, 5) is 0. The molecule has 0 saturated carbocycles. The van der Waals surface area contributed by atoms with Crippen molar-refractivity contribution in [3.05, 3.63) is 40.1 Å². The Hall–Kier alpha value is -1.40. The molecular formula is C12H15BrN4O. The van der Waals surface area contributed by atoms with Crippen molar-refractivity contribution in [3.8, 4) is 5.75 Å². The number of nitrogens with two attached hydrogens (primary N) is 1. The van der Waals surface area contributed by atoms with E-state index in [-0.39, 0.29) is 0 Å². The first kappa shape index (κ1) is 13.0. The number of aromatic nitrogens is 3. The molecule has 6 heteroatoms. The van der Waals surface area contributed by atoms with Gasteiger partial charge in [-0.05, 0) is 24.6 Å². The van der Waals surface area contributed by atoms with Gasteiger partial charge in [0, 0.05) is 17.2 Å². The van der Waals surface area contributed by atoms with Crippen molar-refractivity contribution in [2.24, 2.45) is 5.73 Å². The molecule has 0 aliphatic carbocycles. The van der Waals surface area contributed by atoms with Crippen LogP contribution in [0.3, 0.4) is 0 Å². The zero-order valence-electron chi connectivity index (χ0n) is 10.1. The first-order chi connectivity index (χ1) is 8.69. The van der Waals surface area contributed by atoms with Gasteiger partial charge in [-0.1, -0.05) is 27.2 Å². The van der Waals surface area contributed by atoms with E-state index in [4.69, 9.17) is 10.5 Å². The summed E-state index contributed by atoms with van der Waals surface area (Å²) in [6.07, 6.45) is 1.83. The van der Waals surface area contributed by atoms with E-state index >= 15 is 0 Å². The van der Waals surface area contributed by atoms with Crippen LogP contribution >= 0.6 is 15.9 Å². The lowest BCUT2D eigenvalue weighted by atomic mass is 10.2. The molecule has 2 rings (SSSR count). The standard InChI is InChI=1S/C12H15BrN4O/c1-9-2-3-10(13)6-12(9)18-5-4-17-8-11(7-14)15-16-17/h2-3,6,8H,4-5,7,14H2,1H3. The number of rotatable bonds is 5. The molecule has 1 aromatic heterocycles. The molecule has 0 saturated heterocycles. The zero-order valence-corrected chi connectivity index (χ0v) is 11.7. The van der Waals surface area contributed by atoms with Gasteiger partial charge in [0.1, 0.15) is 12.4 Å². The van der Waals surface area contributed by atoms with Gasteiger partial charge in [-0.25, -0.2) is 4.68 Å². The molecule has 1 aromatic carbocycles. The summed E-state index contributed by atoms with van der Waals surface area (Å²) in [7, 11) is 0. The van der Waals surface area contributed by atoms with Crippen LogP contribution < -0.4 is 10.5 Å². The summed E-state index contributed by atoms with van der Waals surface area (Å²) in [6, 6.07) is 5.97. The predicted molar refractivity (Wildman–Crippen MR) is 72.3 cm³/mol. The third kappa shape index (κ3) is 3.30. The monoisotopic (exact) mass is 310 g/mol. The number of halogens is 1. The number of ether oxygens (including phenoxy) is 1. The van der Waals surface area contributed by atoms with Gasteiger partial charge in [0.05, 0.1) is 12.2 Å². The number of benzene rings is 1. The van der Waals surface area contributed by atoms with Crippen LogP contribution in [0.1, 0.15) is 11.3 Å². The SMILES string of the molecule is Cc1ccc(Br)cc1OCCn1cc(CN)nn1. The Morgan fingerprint density at radius 1 is 1.44 bits per heavy atom. The largest absolute Gasteiger partial charge is 0.491 e. The van der Waals surface area contributed by atoms with Crippen LogP contribution in [0, 0.1) is 6.92 Å². The molecule has 0 atom stereocenters. The van der Waals surface area contributed by atoms with Crippen molar-refractivity contribution >= 4 is 15.9 Å². The third-order valence-corrected chi connectivity index (χ3v) is 3.02. The molecule has 0 aliphatic heterocycles. The van der Waals surface area contributed by atoms with E-state index in [1.807, 2.05) is 31.3 Å². The van der Waals surface area contributed by atoms with E-state index in [1.165, 1.54) is 0 Å². The molecule has 0 amide bonds. The fourth-order valence-electron chi connectivity index (χ4n) is 1.52. The highest BCUT2D eigenvalue weighted by Gasteiger charge is 2.02. The minimum absolute atomic E-state index is 0.408.